The zero-order chi connectivity index (χ0) is 13.4. The molecule has 0 aliphatic carbocycles. The molecular formula is C12H19NO3S. The number of nitrogens with zero attached hydrogens (tertiary/aromatic N) is 1. The van der Waals surface area contributed by atoms with E-state index in [0.717, 1.165) is 0 Å². The average Bonchev–Trinajstić information content (AvgIpc) is 2.13. The van der Waals surface area contributed by atoms with Crippen LogP contribution in [0.25, 0.3) is 0 Å². The van der Waals surface area contributed by atoms with Gasteiger partial charge in [-0.2, -0.15) is 0 Å². The topological polar surface area (TPSA) is 56.3 Å². The fourth-order valence-electron chi connectivity index (χ4n) is 1.76. The summed E-state index contributed by atoms with van der Waals surface area (Å²) in [6.45, 7) is 7.56. The molecule has 96 valence electrons. The van der Waals surface area contributed by atoms with Crippen molar-refractivity contribution in [1.82, 2.24) is 4.98 Å². The standard InChI is InChI=1S/C12H19NO3S/c1-8-9(16-5)7-13-11(12(2,3)4)10(8)17(6,14)15/h7H,1-6H3. The van der Waals surface area contributed by atoms with Gasteiger partial charge < -0.3 is 4.74 Å². The van der Waals surface area contributed by atoms with Crippen molar-refractivity contribution in [2.24, 2.45) is 0 Å². The molecule has 17 heavy (non-hydrogen) atoms. The lowest BCUT2D eigenvalue weighted by Gasteiger charge is -2.22. The molecule has 0 aliphatic heterocycles. The first-order valence-electron chi connectivity index (χ1n) is 5.33. The molecule has 5 heteroatoms. The van der Waals surface area contributed by atoms with Gasteiger partial charge in [-0.05, 0) is 6.92 Å². The molecule has 1 aromatic heterocycles. The van der Waals surface area contributed by atoms with E-state index in [1.165, 1.54) is 13.4 Å². The maximum atomic E-state index is 11.9. The molecule has 1 rings (SSSR count). The Hall–Kier alpha value is -1.10. The lowest BCUT2D eigenvalue weighted by atomic mass is 9.90. The predicted octanol–water partition coefficient (Wildman–Crippen LogP) is 2.10. The fourth-order valence-corrected chi connectivity index (χ4v) is 3.13. The van der Waals surface area contributed by atoms with Crippen LogP contribution in [0.2, 0.25) is 0 Å². The third kappa shape index (κ3) is 2.77. The molecular weight excluding hydrogens is 238 g/mol. The zero-order valence-electron chi connectivity index (χ0n) is 11.2. The second kappa shape index (κ2) is 4.29. The van der Waals surface area contributed by atoms with Gasteiger partial charge in [0.25, 0.3) is 0 Å². The van der Waals surface area contributed by atoms with Gasteiger partial charge in [-0.25, -0.2) is 8.42 Å². The maximum absolute atomic E-state index is 11.9. The van der Waals surface area contributed by atoms with Crippen molar-refractivity contribution < 1.29 is 13.2 Å². The molecule has 0 N–H and O–H groups in total. The van der Waals surface area contributed by atoms with Crippen LogP contribution < -0.4 is 4.74 Å². The van der Waals surface area contributed by atoms with Crippen LogP contribution in [0.15, 0.2) is 11.1 Å². The largest absolute Gasteiger partial charge is 0.495 e. The van der Waals surface area contributed by atoms with E-state index in [-0.39, 0.29) is 10.3 Å². The normalized spacial score (nSPS) is 12.6. The average molecular weight is 257 g/mol. The Morgan fingerprint density at radius 3 is 2.18 bits per heavy atom. The molecule has 0 saturated carbocycles. The molecule has 0 unspecified atom stereocenters. The Morgan fingerprint density at radius 2 is 1.82 bits per heavy atom. The Labute approximate surface area is 103 Å². The van der Waals surface area contributed by atoms with E-state index < -0.39 is 9.84 Å². The maximum Gasteiger partial charge on any atom is 0.177 e. The molecule has 0 aromatic carbocycles. The molecule has 0 fully saturated rings. The predicted molar refractivity (Wildman–Crippen MR) is 67.3 cm³/mol. The highest BCUT2D eigenvalue weighted by Crippen LogP contribution is 2.33. The van der Waals surface area contributed by atoms with Crippen molar-refractivity contribution in [1.29, 1.82) is 0 Å². The van der Waals surface area contributed by atoms with Crippen molar-refractivity contribution in [3.63, 3.8) is 0 Å². The summed E-state index contributed by atoms with van der Waals surface area (Å²) in [5.74, 6) is 0.499. The number of rotatable bonds is 2. The first kappa shape index (κ1) is 14.0. The number of aromatic nitrogens is 1. The Morgan fingerprint density at radius 1 is 1.29 bits per heavy atom. The van der Waals surface area contributed by atoms with Gasteiger partial charge in [-0.15, -0.1) is 0 Å². The number of sulfone groups is 1. The lowest BCUT2D eigenvalue weighted by molar-refractivity contribution is 0.405. The van der Waals surface area contributed by atoms with Gasteiger partial charge in [0.1, 0.15) is 5.75 Å². The van der Waals surface area contributed by atoms with Crippen LogP contribution in [0.1, 0.15) is 32.0 Å². The van der Waals surface area contributed by atoms with Crippen LogP contribution in [0.4, 0.5) is 0 Å². The molecule has 0 amide bonds. The summed E-state index contributed by atoms with van der Waals surface area (Å²) >= 11 is 0. The highest BCUT2D eigenvalue weighted by Gasteiger charge is 2.28. The van der Waals surface area contributed by atoms with E-state index in [0.29, 0.717) is 17.0 Å². The first-order chi connectivity index (χ1) is 7.59. The van der Waals surface area contributed by atoms with Gasteiger partial charge in [0, 0.05) is 17.2 Å². The second-order valence-electron chi connectivity index (χ2n) is 5.15. The summed E-state index contributed by atoms with van der Waals surface area (Å²) in [6, 6.07) is 0. The van der Waals surface area contributed by atoms with Gasteiger partial charge >= 0.3 is 0 Å². The highest BCUT2D eigenvalue weighted by molar-refractivity contribution is 7.90. The molecule has 0 aliphatic rings. The minimum atomic E-state index is -3.32. The lowest BCUT2D eigenvalue weighted by Crippen LogP contribution is -2.20. The summed E-state index contributed by atoms with van der Waals surface area (Å²) in [7, 11) is -1.82. The van der Waals surface area contributed by atoms with Crippen LogP contribution in [0, 0.1) is 6.92 Å². The molecule has 4 nitrogen and oxygen atoms in total. The monoisotopic (exact) mass is 257 g/mol. The fraction of sp³-hybridized carbons (Fsp3) is 0.583. The van der Waals surface area contributed by atoms with E-state index in [4.69, 9.17) is 4.74 Å². The number of hydrogen-bond donors (Lipinski definition) is 0. The summed E-state index contributed by atoms with van der Waals surface area (Å²) in [6.07, 6.45) is 2.77. The van der Waals surface area contributed by atoms with E-state index >= 15 is 0 Å². The van der Waals surface area contributed by atoms with E-state index in [1.54, 1.807) is 13.1 Å². The smallest absolute Gasteiger partial charge is 0.177 e. The highest BCUT2D eigenvalue weighted by atomic mass is 32.2. The molecule has 0 radical (unpaired) electrons. The van der Waals surface area contributed by atoms with Gasteiger partial charge in [0.15, 0.2) is 9.84 Å². The number of methoxy groups -OCH3 is 1. The third-order valence-corrected chi connectivity index (χ3v) is 3.78. The van der Waals surface area contributed by atoms with Gasteiger partial charge in [0.05, 0.1) is 23.9 Å². The van der Waals surface area contributed by atoms with Crippen molar-refractivity contribution in [3.05, 3.63) is 17.5 Å². The van der Waals surface area contributed by atoms with Crippen LogP contribution >= 0.6 is 0 Å². The summed E-state index contributed by atoms with van der Waals surface area (Å²) in [4.78, 5) is 4.53. The van der Waals surface area contributed by atoms with E-state index in [2.05, 4.69) is 4.98 Å². The Bertz CT molecular complexity index is 527. The molecule has 0 spiro atoms. The number of pyridine rings is 1. The van der Waals surface area contributed by atoms with Gasteiger partial charge in [-0.3, -0.25) is 4.98 Å². The quantitative estimate of drug-likeness (QED) is 0.814. The minimum absolute atomic E-state index is 0.282. The molecule has 0 saturated heterocycles. The molecule has 0 bridgehead atoms. The second-order valence-corrected chi connectivity index (χ2v) is 7.10. The molecule has 1 aromatic rings. The van der Waals surface area contributed by atoms with Crippen LogP contribution in [0.3, 0.4) is 0 Å². The summed E-state index contributed by atoms with van der Waals surface area (Å²) in [5.41, 5.74) is 0.878. The Balaban J connectivity index is 3.72. The van der Waals surface area contributed by atoms with Crippen LogP contribution in [-0.4, -0.2) is 26.8 Å². The van der Waals surface area contributed by atoms with Gasteiger partial charge in [-0.1, -0.05) is 20.8 Å². The van der Waals surface area contributed by atoms with Crippen LogP contribution in [-0.2, 0) is 15.3 Å². The number of ether oxygens (including phenoxy) is 1. The van der Waals surface area contributed by atoms with Crippen molar-refractivity contribution in [2.75, 3.05) is 13.4 Å². The third-order valence-electron chi connectivity index (χ3n) is 2.54. The van der Waals surface area contributed by atoms with Crippen molar-refractivity contribution in [2.45, 2.75) is 38.0 Å². The summed E-state index contributed by atoms with van der Waals surface area (Å²) in [5, 5.41) is 0. The SMILES string of the molecule is COc1cnc(C(C)(C)C)c(S(C)(=O)=O)c1C. The Kier molecular flexibility index (Phi) is 3.52. The minimum Gasteiger partial charge on any atom is -0.495 e. The molecule has 0 atom stereocenters. The van der Waals surface area contributed by atoms with Gasteiger partial charge in [0.2, 0.25) is 0 Å². The van der Waals surface area contributed by atoms with Crippen molar-refractivity contribution in [3.8, 4) is 5.75 Å². The number of hydrogen-bond acceptors (Lipinski definition) is 4. The van der Waals surface area contributed by atoms with Crippen LogP contribution in [0.5, 0.6) is 5.75 Å². The van der Waals surface area contributed by atoms with Crippen molar-refractivity contribution >= 4 is 9.84 Å². The molecule has 1 heterocycles. The first-order valence-corrected chi connectivity index (χ1v) is 7.22. The van der Waals surface area contributed by atoms with E-state index in [1.807, 2.05) is 20.8 Å². The summed E-state index contributed by atoms with van der Waals surface area (Å²) < 4.78 is 28.9. The van der Waals surface area contributed by atoms with E-state index in [9.17, 15) is 8.42 Å². The zero-order valence-corrected chi connectivity index (χ0v) is 12.0.